The zero-order valence-electron chi connectivity index (χ0n) is 9.95. The quantitative estimate of drug-likeness (QED) is 0.864. The molecule has 2 aromatic heterocycles. The maximum atomic E-state index is 11.8. The smallest absolute Gasteiger partial charge is 0.291 e. The summed E-state index contributed by atoms with van der Waals surface area (Å²) in [5, 5.41) is 2.22. The lowest BCUT2D eigenvalue weighted by Crippen LogP contribution is -2.18. The molecular formula is C11H11N3O4S. The average Bonchev–Trinajstić information content (AvgIpc) is 2.90. The first-order valence-electron chi connectivity index (χ1n) is 5.28. The van der Waals surface area contributed by atoms with Crippen molar-refractivity contribution in [3.05, 3.63) is 42.4 Å². The van der Waals surface area contributed by atoms with Gasteiger partial charge in [0, 0.05) is 6.20 Å². The molecule has 0 atom stereocenters. The van der Waals surface area contributed by atoms with Crippen molar-refractivity contribution in [2.75, 3.05) is 12.4 Å². The highest BCUT2D eigenvalue weighted by Gasteiger charge is 2.19. The number of hydrogen-bond donors (Lipinski definition) is 2. The first kappa shape index (κ1) is 13.2. The summed E-state index contributed by atoms with van der Waals surface area (Å²) < 4.78 is 30.0. The van der Waals surface area contributed by atoms with E-state index in [4.69, 9.17) is 4.42 Å². The van der Waals surface area contributed by atoms with Crippen LogP contribution in [-0.4, -0.2) is 26.4 Å². The number of pyridine rings is 1. The van der Waals surface area contributed by atoms with E-state index < -0.39 is 15.9 Å². The van der Waals surface area contributed by atoms with Crippen molar-refractivity contribution in [2.24, 2.45) is 0 Å². The molecule has 0 radical (unpaired) electrons. The van der Waals surface area contributed by atoms with Gasteiger partial charge >= 0.3 is 0 Å². The number of amides is 1. The van der Waals surface area contributed by atoms with Crippen LogP contribution in [-0.2, 0) is 10.0 Å². The van der Waals surface area contributed by atoms with Gasteiger partial charge in [-0.1, -0.05) is 0 Å². The summed E-state index contributed by atoms with van der Waals surface area (Å²) in [5.74, 6) is -0.650. The van der Waals surface area contributed by atoms with Crippen molar-refractivity contribution >= 4 is 21.6 Å². The van der Waals surface area contributed by atoms with Crippen LogP contribution in [0.3, 0.4) is 0 Å². The van der Waals surface area contributed by atoms with Gasteiger partial charge in [0.25, 0.3) is 15.9 Å². The van der Waals surface area contributed by atoms with E-state index in [-0.39, 0.29) is 10.9 Å². The number of nitrogens with one attached hydrogen (secondary N) is 2. The Morgan fingerprint density at radius 1 is 1.32 bits per heavy atom. The predicted octanol–water partition coefficient (Wildman–Crippen LogP) is 0.835. The number of sulfonamides is 1. The molecule has 2 heterocycles. The van der Waals surface area contributed by atoms with Gasteiger partial charge in [-0.15, -0.1) is 0 Å². The van der Waals surface area contributed by atoms with Gasteiger partial charge in [0.1, 0.15) is 0 Å². The molecule has 0 spiro atoms. The standard InChI is InChI=1S/C11H11N3O4S/c1-12-19(16,17)10-5-4-9(18-10)11(15)14-8-3-2-6-13-7-8/h2-7,12H,1H3,(H,14,15). The van der Waals surface area contributed by atoms with Crippen molar-refractivity contribution in [1.82, 2.24) is 9.71 Å². The zero-order valence-corrected chi connectivity index (χ0v) is 10.8. The molecule has 2 N–H and O–H groups in total. The number of nitrogens with zero attached hydrogens (tertiary/aromatic N) is 1. The number of carbonyl (C=O) groups is 1. The summed E-state index contributed by atoms with van der Waals surface area (Å²) in [6.45, 7) is 0. The molecule has 1 amide bonds. The van der Waals surface area contributed by atoms with E-state index in [1.807, 2.05) is 0 Å². The van der Waals surface area contributed by atoms with E-state index in [1.165, 1.54) is 25.4 Å². The fourth-order valence-electron chi connectivity index (χ4n) is 1.32. The van der Waals surface area contributed by atoms with E-state index in [0.717, 1.165) is 0 Å². The summed E-state index contributed by atoms with van der Waals surface area (Å²) in [4.78, 5) is 15.6. The highest BCUT2D eigenvalue weighted by atomic mass is 32.2. The van der Waals surface area contributed by atoms with Gasteiger partial charge in [0.15, 0.2) is 5.76 Å². The van der Waals surface area contributed by atoms with Crippen LogP contribution < -0.4 is 10.0 Å². The Morgan fingerprint density at radius 3 is 2.74 bits per heavy atom. The summed E-state index contributed by atoms with van der Waals surface area (Å²) in [6, 6.07) is 5.81. The number of furan rings is 1. The molecule has 0 aliphatic heterocycles. The largest absolute Gasteiger partial charge is 0.438 e. The molecule has 0 saturated heterocycles. The normalized spacial score (nSPS) is 11.2. The molecule has 0 unspecified atom stereocenters. The van der Waals surface area contributed by atoms with Gasteiger partial charge in [-0.05, 0) is 31.3 Å². The molecule has 100 valence electrons. The molecule has 0 aromatic carbocycles. The third-order valence-electron chi connectivity index (χ3n) is 2.26. The van der Waals surface area contributed by atoms with Gasteiger partial charge in [-0.25, -0.2) is 13.1 Å². The second-order valence-electron chi connectivity index (χ2n) is 3.52. The number of hydrogen-bond acceptors (Lipinski definition) is 5. The Hall–Kier alpha value is -2.19. The van der Waals surface area contributed by atoms with E-state index in [0.29, 0.717) is 5.69 Å². The zero-order chi connectivity index (χ0) is 13.9. The van der Waals surface area contributed by atoms with Gasteiger partial charge in [0.05, 0.1) is 11.9 Å². The number of anilines is 1. The van der Waals surface area contributed by atoms with Crippen LogP contribution in [0.4, 0.5) is 5.69 Å². The molecular weight excluding hydrogens is 270 g/mol. The van der Waals surface area contributed by atoms with Gasteiger partial charge in [0.2, 0.25) is 5.09 Å². The minimum absolute atomic E-state index is 0.0994. The van der Waals surface area contributed by atoms with Crippen LogP contribution in [0.5, 0.6) is 0 Å². The minimum atomic E-state index is -3.69. The lowest BCUT2D eigenvalue weighted by Gasteiger charge is -2.01. The van der Waals surface area contributed by atoms with Crippen LogP contribution in [0.1, 0.15) is 10.6 Å². The topological polar surface area (TPSA) is 101 Å². The lowest BCUT2D eigenvalue weighted by atomic mass is 10.4. The Morgan fingerprint density at radius 2 is 2.11 bits per heavy atom. The minimum Gasteiger partial charge on any atom is -0.438 e. The van der Waals surface area contributed by atoms with Crippen molar-refractivity contribution in [3.63, 3.8) is 0 Å². The molecule has 0 saturated carbocycles. The molecule has 0 bridgehead atoms. The van der Waals surface area contributed by atoms with Gasteiger partial charge in [-0.2, -0.15) is 0 Å². The van der Waals surface area contributed by atoms with E-state index >= 15 is 0 Å². The summed E-state index contributed by atoms with van der Waals surface area (Å²) in [6.07, 6.45) is 3.03. The third kappa shape index (κ3) is 2.98. The van der Waals surface area contributed by atoms with Crippen LogP contribution >= 0.6 is 0 Å². The average molecular weight is 281 g/mol. The van der Waals surface area contributed by atoms with Crippen LogP contribution in [0.2, 0.25) is 0 Å². The number of aromatic nitrogens is 1. The van der Waals surface area contributed by atoms with Crippen molar-refractivity contribution < 1.29 is 17.6 Å². The molecule has 0 aliphatic rings. The molecule has 2 rings (SSSR count). The molecule has 0 aliphatic carbocycles. The maximum absolute atomic E-state index is 11.8. The van der Waals surface area contributed by atoms with E-state index in [9.17, 15) is 13.2 Å². The SMILES string of the molecule is CNS(=O)(=O)c1ccc(C(=O)Nc2cccnc2)o1. The maximum Gasteiger partial charge on any atom is 0.291 e. The summed E-state index contributed by atoms with van der Waals surface area (Å²) in [7, 11) is -2.44. The van der Waals surface area contributed by atoms with Crippen LogP contribution in [0.25, 0.3) is 0 Å². The van der Waals surface area contributed by atoms with Crippen molar-refractivity contribution in [1.29, 1.82) is 0 Å². The fraction of sp³-hybridized carbons (Fsp3) is 0.0909. The second-order valence-corrected chi connectivity index (χ2v) is 5.34. The lowest BCUT2D eigenvalue weighted by molar-refractivity contribution is 0.0991. The van der Waals surface area contributed by atoms with E-state index in [1.54, 1.807) is 18.3 Å². The third-order valence-corrected chi connectivity index (χ3v) is 3.54. The summed E-state index contributed by atoms with van der Waals surface area (Å²) >= 11 is 0. The van der Waals surface area contributed by atoms with Gasteiger partial charge < -0.3 is 9.73 Å². The highest BCUT2D eigenvalue weighted by molar-refractivity contribution is 7.89. The Bertz CT molecular complexity index is 679. The molecule has 0 fully saturated rings. The van der Waals surface area contributed by atoms with Crippen molar-refractivity contribution in [2.45, 2.75) is 5.09 Å². The Kier molecular flexibility index (Phi) is 3.63. The molecule has 2 aromatic rings. The second kappa shape index (κ2) is 5.21. The highest BCUT2D eigenvalue weighted by Crippen LogP contribution is 2.15. The number of carbonyl (C=O) groups excluding carboxylic acids is 1. The molecule has 7 nitrogen and oxygen atoms in total. The van der Waals surface area contributed by atoms with E-state index in [2.05, 4.69) is 15.0 Å². The molecule has 8 heteroatoms. The van der Waals surface area contributed by atoms with Gasteiger partial charge in [-0.3, -0.25) is 9.78 Å². The monoisotopic (exact) mass is 281 g/mol. The Labute approximate surface area is 109 Å². The number of rotatable bonds is 4. The molecule has 19 heavy (non-hydrogen) atoms. The van der Waals surface area contributed by atoms with Crippen LogP contribution in [0.15, 0.2) is 46.2 Å². The summed E-state index contributed by atoms with van der Waals surface area (Å²) in [5.41, 5.74) is 0.488. The van der Waals surface area contributed by atoms with Crippen LogP contribution in [0, 0.1) is 0 Å². The Balaban J connectivity index is 2.18. The fourth-order valence-corrected chi connectivity index (χ4v) is 1.96. The predicted molar refractivity (Wildman–Crippen MR) is 67.1 cm³/mol. The first-order chi connectivity index (χ1) is 9.03. The van der Waals surface area contributed by atoms with Crippen molar-refractivity contribution in [3.8, 4) is 0 Å². The first-order valence-corrected chi connectivity index (χ1v) is 6.76.